The third-order valence-corrected chi connectivity index (χ3v) is 3.65. The summed E-state index contributed by atoms with van der Waals surface area (Å²) in [6.07, 6.45) is 1.75. The Labute approximate surface area is 123 Å². The molecule has 1 saturated heterocycles. The van der Waals surface area contributed by atoms with E-state index in [0.29, 0.717) is 5.82 Å². The van der Waals surface area contributed by atoms with Crippen LogP contribution < -0.4 is 16.0 Å². The van der Waals surface area contributed by atoms with Crippen molar-refractivity contribution in [1.82, 2.24) is 10.3 Å². The number of hydrogen-bond donors (Lipinski definition) is 2. The predicted octanol–water partition coefficient (Wildman–Crippen LogP) is 2.30. The molecular weight excluding hydrogens is 283 g/mol. The fourth-order valence-electron chi connectivity index (χ4n) is 2.43. The van der Waals surface area contributed by atoms with Crippen molar-refractivity contribution in [2.24, 2.45) is 0 Å². The molecule has 0 bridgehead atoms. The van der Waals surface area contributed by atoms with Crippen LogP contribution in [0, 0.1) is 0 Å². The number of nitrogen functional groups attached to an aromatic ring is 1. The number of anilines is 2. The van der Waals surface area contributed by atoms with Gasteiger partial charge >= 0.3 is 0 Å². The van der Waals surface area contributed by atoms with E-state index >= 15 is 0 Å². The van der Waals surface area contributed by atoms with Gasteiger partial charge in [0.25, 0.3) is 0 Å². The van der Waals surface area contributed by atoms with Gasteiger partial charge in [-0.3, -0.25) is 0 Å². The third kappa shape index (κ3) is 2.56. The van der Waals surface area contributed by atoms with Crippen molar-refractivity contribution in [2.75, 3.05) is 36.8 Å². The normalized spacial score (nSPS) is 15.3. The molecule has 6 heteroatoms. The summed E-state index contributed by atoms with van der Waals surface area (Å²) in [5, 5.41) is 6.09. The highest BCUT2D eigenvalue weighted by Gasteiger charge is 2.17. The maximum absolute atomic E-state index is 6.21. The molecule has 4 nitrogen and oxygen atoms in total. The SMILES string of the molecule is Cl.Nc1ncc2c(Cl)cccc2c1N1CCNCC1. The van der Waals surface area contributed by atoms with Crippen LogP contribution in [0.5, 0.6) is 0 Å². The summed E-state index contributed by atoms with van der Waals surface area (Å²) in [7, 11) is 0. The van der Waals surface area contributed by atoms with Crippen LogP contribution in [-0.2, 0) is 0 Å². The van der Waals surface area contributed by atoms with E-state index in [9.17, 15) is 0 Å². The Morgan fingerprint density at radius 1 is 1.21 bits per heavy atom. The molecule has 3 rings (SSSR count). The molecule has 1 fully saturated rings. The van der Waals surface area contributed by atoms with Gasteiger partial charge < -0.3 is 16.0 Å². The number of benzene rings is 1. The van der Waals surface area contributed by atoms with Crippen LogP contribution in [-0.4, -0.2) is 31.2 Å². The fraction of sp³-hybridized carbons (Fsp3) is 0.308. The number of hydrogen-bond acceptors (Lipinski definition) is 4. The molecule has 2 heterocycles. The van der Waals surface area contributed by atoms with Gasteiger partial charge in [-0.2, -0.15) is 0 Å². The smallest absolute Gasteiger partial charge is 0.147 e. The van der Waals surface area contributed by atoms with Crippen molar-refractivity contribution in [3.8, 4) is 0 Å². The average Bonchev–Trinajstić information content (AvgIpc) is 2.40. The number of rotatable bonds is 1. The van der Waals surface area contributed by atoms with Crippen molar-refractivity contribution in [3.63, 3.8) is 0 Å². The molecule has 19 heavy (non-hydrogen) atoms. The van der Waals surface area contributed by atoms with Gasteiger partial charge in [0.2, 0.25) is 0 Å². The second-order valence-electron chi connectivity index (χ2n) is 4.43. The van der Waals surface area contributed by atoms with Crippen molar-refractivity contribution in [2.45, 2.75) is 0 Å². The maximum Gasteiger partial charge on any atom is 0.147 e. The lowest BCUT2D eigenvalue weighted by Crippen LogP contribution is -2.44. The summed E-state index contributed by atoms with van der Waals surface area (Å²) in [6, 6.07) is 5.88. The van der Waals surface area contributed by atoms with E-state index in [-0.39, 0.29) is 12.4 Å². The van der Waals surface area contributed by atoms with Crippen LogP contribution >= 0.6 is 24.0 Å². The van der Waals surface area contributed by atoms with E-state index in [4.69, 9.17) is 17.3 Å². The molecule has 1 aromatic heterocycles. The topological polar surface area (TPSA) is 54.2 Å². The van der Waals surface area contributed by atoms with Crippen LogP contribution in [0.1, 0.15) is 0 Å². The molecular formula is C13H16Cl2N4. The molecule has 3 N–H and O–H groups in total. The number of halogens is 2. The lowest BCUT2D eigenvalue weighted by Gasteiger charge is -2.31. The summed E-state index contributed by atoms with van der Waals surface area (Å²) in [4.78, 5) is 6.55. The Morgan fingerprint density at radius 3 is 2.68 bits per heavy atom. The minimum atomic E-state index is 0. The lowest BCUT2D eigenvalue weighted by atomic mass is 10.1. The van der Waals surface area contributed by atoms with E-state index in [1.165, 1.54) is 0 Å². The van der Waals surface area contributed by atoms with Crippen molar-refractivity contribution in [1.29, 1.82) is 0 Å². The molecule has 1 aliphatic heterocycles. The van der Waals surface area contributed by atoms with Crippen LogP contribution in [0.15, 0.2) is 24.4 Å². The zero-order chi connectivity index (χ0) is 12.5. The Bertz CT molecular complexity index is 582. The first-order valence-corrected chi connectivity index (χ1v) is 6.43. The standard InChI is InChI=1S/C13H15ClN4.ClH/c14-11-3-1-2-9-10(11)8-17-13(15)12(9)18-6-4-16-5-7-18;/h1-3,8,16H,4-7H2,(H2,15,17);1H. The number of nitrogens with zero attached hydrogens (tertiary/aromatic N) is 2. The van der Waals surface area contributed by atoms with Crippen molar-refractivity contribution < 1.29 is 0 Å². The Hall–Kier alpha value is -1.23. The van der Waals surface area contributed by atoms with E-state index < -0.39 is 0 Å². The number of nitrogens with one attached hydrogen (secondary N) is 1. The molecule has 0 spiro atoms. The summed E-state index contributed by atoms with van der Waals surface area (Å²) >= 11 is 6.21. The fourth-order valence-corrected chi connectivity index (χ4v) is 2.65. The first-order chi connectivity index (χ1) is 8.77. The van der Waals surface area contributed by atoms with Gasteiger partial charge in [0.1, 0.15) is 5.82 Å². The van der Waals surface area contributed by atoms with E-state index in [1.54, 1.807) is 6.20 Å². The molecule has 0 unspecified atom stereocenters. The minimum absolute atomic E-state index is 0. The van der Waals surface area contributed by atoms with E-state index in [0.717, 1.165) is 47.7 Å². The summed E-state index contributed by atoms with van der Waals surface area (Å²) in [5.74, 6) is 0.576. The zero-order valence-corrected chi connectivity index (χ0v) is 12.0. The first-order valence-electron chi connectivity index (χ1n) is 6.06. The Balaban J connectivity index is 0.00000133. The number of piperazine rings is 1. The second-order valence-corrected chi connectivity index (χ2v) is 4.84. The quantitative estimate of drug-likeness (QED) is 0.848. The van der Waals surface area contributed by atoms with E-state index in [1.807, 2.05) is 12.1 Å². The van der Waals surface area contributed by atoms with Gasteiger partial charge in [-0.1, -0.05) is 23.7 Å². The predicted molar refractivity (Wildman–Crippen MR) is 83.5 cm³/mol. The van der Waals surface area contributed by atoms with Crippen molar-refractivity contribution in [3.05, 3.63) is 29.4 Å². The molecule has 0 amide bonds. The second kappa shape index (κ2) is 5.82. The maximum atomic E-state index is 6.21. The van der Waals surface area contributed by atoms with Gasteiger partial charge in [0.05, 0.1) is 10.7 Å². The highest BCUT2D eigenvalue weighted by atomic mass is 35.5. The third-order valence-electron chi connectivity index (χ3n) is 3.32. The van der Waals surface area contributed by atoms with Crippen LogP contribution in [0.3, 0.4) is 0 Å². The van der Waals surface area contributed by atoms with Gasteiger partial charge in [-0.25, -0.2) is 4.98 Å². The molecule has 0 saturated carbocycles. The number of aromatic nitrogens is 1. The van der Waals surface area contributed by atoms with Gasteiger partial charge in [-0.15, -0.1) is 12.4 Å². The number of fused-ring (bicyclic) bond motifs is 1. The summed E-state index contributed by atoms with van der Waals surface area (Å²) in [5.41, 5.74) is 7.06. The molecule has 0 atom stereocenters. The number of nitrogens with two attached hydrogens (primary N) is 1. The summed E-state index contributed by atoms with van der Waals surface area (Å²) in [6.45, 7) is 3.82. The molecule has 1 aliphatic rings. The average molecular weight is 299 g/mol. The molecule has 0 aliphatic carbocycles. The minimum Gasteiger partial charge on any atom is -0.382 e. The Morgan fingerprint density at radius 2 is 1.95 bits per heavy atom. The van der Waals surface area contributed by atoms with Gasteiger partial charge in [0, 0.05) is 43.1 Å². The molecule has 2 aromatic rings. The highest BCUT2D eigenvalue weighted by Crippen LogP contribution is 2.34. The van der Waals surface area contributed by atoms with Gasteiger partial charge in [-0.05, 0) is 6.07 Å². The van der Waals surface area contributed by atoms with Crippen LogP contribution in [0.4, 0.5) is 11.5 Å². The molecule has 102 valence electrons. The van der Waals surface area contributed by atoms with Crippen LogP contribution in [0.2, 0.25) is 5.02 Å². The zero-order valence-electron chi connectivity index (χ0n) is 10.4. The largest absolute Gasteiger partial charge is 0.382 e. The lowest BCUT2D eigenvalue weighted by molar-refractivity contribution is 0.590. The molecule has 0 radical (unpaired) electrons. The van der Waals surface area contributed by atoms with Gasteiger partial charge in [0.15, 0.2) is 0 Å². The summed E-state index contributed by atoms with van der Waals surface area (Å²) < 4.78 is 0. The van der Waals surface area contributed by atoms with E-state index in [2.05, 4.69) is 21.3 Å². The Kier molecular flexibility index (Phi) is 4.34. The van der Waals surface area contributed by atoms with Crippen LogP contribution in [0.25, 0.3) is 10.8 Å². The number of pyridine rings is 1. The highest BCUT2D eigenvalue weighted by molar-refractivity contribution is 6.36. The molecule has 1 aromatic carbocycles. The van der Waals surface area contributed by atoms with Crippen molar-refractivity contribution >= 4 is 46.3 Å². The monoisotopic (exact) mass is 298 g/mol. The first kappa shape index (κ1) is 14.2.